The molecule has 1 aliphatic heterocycles. The number of benzene rings is 1. The molecule has 0 unspecified atom stereocenters. The maximum atomic E-state index is 12.7. The van der Waals surface area contributed by atoms with Gasteiger partial charge in [-0.3, -0.25) is 4.79 Å². The van der Waals surface area contributed by atoms with Gasteiger partial charge >= 0.3 is 0 Å². The molecule has 2 atom stereocenters. The lowest BCUT2D eigenvalue weighted by molar-refractivity contribution is -0.140. The van der Waals surface area contributed by atoms with E-state index in [2.05, 4.69) is 31.0 Å². The third-order valence-electron chi connectivity index (χ3n) is 5.57. The third-order valence-corrected chi connectivity index (χ3v) is 5.57. The molecule has 1 fully saturated rings. The van der Waals surface area contributed by atoms with Crippen LogP contribution in [0.15, 0.2) is 24.3 Å². The van der Waals surface area contributed by atoms with Gasteiger partial charge in [0.1, 0.15) is 11.4 Å². The standard InChI is InChI=1S/C24H40N2O3/c1-5-14-24(4,29-17-6-2)23(27)25-21-10-12-22(13-11-21)28-18-8-16-26-15-7-9-20(3)19-26/h10-13,20H,5-9,14-19H2,1-4H3,(H,25,27)/t20-,24+/m0/s1. The molecular weight excluding hydrogens is 364 g/mol. The zero-order chi connectivity index (χ0) is 21.1. The van der Waals surface area contributed by atoms with Gasteiger partial charge in [0.15, 0.2) is 0 Å². The van der Waals surface area contributed by atoms with Gasteiger partial charge in [-0.2, -0.15) is 0 Å². The average molecular weight is 405 g/mol. The van der Waals surface area contributed by atoms with Crippen molar-refractivity contribution in [3.05, 3.63) is 24.3 Å². The first-order chi connectivity index (χ1) is 14.0. The van der Waals surface area contributed by atoms with Gasteiger partial charge in [0, 0.05) is 25.4 Å². The Morgan fingerprint density at radius 2 is 1.97 bits per heavy atom. The van der Waals surface area contributed by atoms with Crippen LogP contribution in [0, 0.1) is 5.92 Å². The molecule has 0 radical (unpaired) electrons. The van der Waals surface area contributed by atoms with E-state index in [1.807, 2.05) is 31.2 Å². The van der Waals surface area contributed by atoms with Crippen molar-refractivity contribution in [1.82, 2.24) is 4.90 Å². The monoisotopic (exact) mass is 404 g/mol. The summed E-state index contributed by atoms with van der Waals surface area (Å²) in [7, 11) is 0. The van der Waals surface area contributed by atoms with Crippen LogP contribution in [0.1, 0.15) is 66.2 Å². The summed E-state index contributed by atoms with van der Waals surface area (Å²) in [5.41, 5.74) is -0.0154. The minimum absolute atomic E-state index is 0.0859. The van der Waals surface area contributed by atoms with Crippen molar-refractivity contribution >= 4 is 11.6 Å². The molecule has 0 spiro atoms. The molecule has 1 amide bonds. The van der Waals surface area contributed by atoms with Gasteiger partial charge in [0.2, 0.25) is 0 Å². The Morgan fingerprint density at radius 3 is 2.62 bits per heavy atom. The zero-order valence-electron chi connectivity index (χ0n) is 18.8. The maximum Gasteiger partial charge on any atom is 0.256 e. The number of carbonyl (C=O) groups excluding carboxylic acids is 1. The lowest BCUT2D eigenvalue weighted by Crippen LogP contribution is -2.43. The second-order valence-corrected chi connectivity index (χ2v) is 8.56. The number of amides is 1. The number of hydrogen-bond donors (Lipinski definition) is 1. The molecular formula is C24H40N2O3. The summed E-state index contributed by atoms with van der Waals surface area (Å²) >= 11 is 0. The minimum atomic E-state index is -0.786. The van der Waals surface area contributed by atoms with Crippen molar-refractivity contribution in [1.29, 1.82) is 0 Å². The van der Waals surface area contributed by atoms with Crippen LogP contribution in [0.2, 0.25) is 0 Å². The fourth-order valence-electron chi connectivity index (χ4n) is 3.92. The highest BCUT2D eigenvalue weighted by molar-refractivity contribution is 5.97. The predicted octanol–water partition coefficient (Wildman–Crippen LogP) is 5.11. The molecule has 0 bridgehead atoms. The van der Waals surface area contributed by atoms with Gasteiger partial charge < -0.3 is 19.7 Å². The lowest BCUT2D eigenvalue weighted by atomic mass is 9.99. The van der Waals surface area contributed by atoms with Crippen LogP contribution in [0.25, 0.3) is 0 Å². The number of nitrogens with zero attached hydrogens (tertiary/aromatic N) is 1. The topological polar surface area (TPSA) is 50.8 Å². The Kier molecular flexibility index (Phi) is 9.95. The summed E-state index contributed by atoms with van der Waals surface area (Å²) in [6.45, 7) is 13.2. The highest BCUT2D eigenvalue weighted by Crippen LogP contribution is 2.22. The SMILES string of the molecule is CCCO[C@](C)(CCC)C(=O)Nc1ccc(OCCCN2CCC[C@H](C)C2)cc1. The van der Waals surface area contributed by atoms with E-state index >= 15 is 0 Å². The molecule has 1 aromatic rings. The molecule has 1 aliphatic rings. The number of carbonyl (C=O) groups is 1. The molecule has 1 heterocycles. The van der Waals surface area contributed by atoms with E-state index in [4.69, 9.17) is 9.47 Å². The molecule has 1 aromatic carbocycles. The third kappa shape index (κ3) is 7.98. The van der Waals surface area contributed by atoms with Crippen LogP contribution < -0.4 is 10.1 Å². The van der Waals surface area contributed by atoms with Crippen LogP contribution >= 0.6 is 0 Å². The smallest absolute Gasteiger partial charge is 0.256 e. The molecule has 5 nitrogen and oxygen atoms in total. The van der Waals surface area contributed by atoms with Crippen molar-refractivity contribution in [2.45, 2.75) is 71.8 Å². The summed E-state index contributed by atoms with van der Waals surface area (Å²) in [5.74, 6) is 1.57. The number of rotatable bonds is 12. The fraction of sp³-hybridized carbons (Fsp3) is 0.708. The summed E-state index contributed by atoms with van der Waals surface area (Å²) in [6.07, 6.45) is 6.21. The van der Waals surface area contributed by atoms with Crippen molar-refractivity contribution in [3.8, 4) is 5.75 Å². The van der Waals surface area contributed by atoms with E-state index in [0.717, 1.165) is 49.8 Å². The number of anilines is 1. The van der Waals surface area contributed by atoms with Crippen LogP contribution in [0.3, 0.4) is 0 Å². The fourth-order valence-corrected chi connectivity index (χ4v) is 3.92. The van der Waals surface area contributed by atoms with Gasteiger partial charge in [-0.1, -0.05) is 27.2 Å². The Morgan fingerprint density at radius 1 is 1.21 bits per heavy atom. The molecule has 0 aromatic heterocycles. The first-order valence-electron chi connectivity index (χ1n) is 11.4. The summed E-state index contributed by atoms with van der Waals surface area (Å²) in [5, 5.41) is 2.99. The van der Waals surface area contributed by atoms with Gasteiger partial charge in [-0.25, -0.2) is 0 Å². The molecule has 0 aliphatic carbocycles. The summed E-state index contributed by atoms with van der Waals surface area (Å²) < 4.78 is 11.7. The Bertz CT molecular complexity index is 605. The highest BCUT2D eigenvalue weighted by Gasteiger charge is 2.33. The molecule has 1 N–H and O–H groups in total. The molecule has 0 saturated carbocycles. The first kappa shape index (κ1) is 23.7. The van der Waals surface area contributed by atoms with E-state index in [0.29, 0.717) is 13.0 Å². The molecule has 1 saturated heterocycles. The Hall–Kier alpha value is -1.59. The van der Waals surface area contributed by atoms with Gasteiger partial charge in [-0.05, 0) is 75.8 Å². The average Bonchev–Trinajstić information content (AvgIpc) is 2.71. The van der Waals surface area contributed by atoms with E-state index < -0.39 is 5.60 Å². The van der Waals surface area contributed by atoms with Crippen LogP contribution in [0.5, 0.6) is 5.75 Å². The van der Waals surface area contributed by atoms with Crippen LogP contribution in [0.4, 0.5) is 5.69 Å². The number of piperidine rings is 1. The van der Waals surface area contributed by atoms with Gasteiger partial charge in [0.25, 0.3) is 5.91 Å². The van der Waals surface area contributed by atoms with E-state index in [1.165, 1.54) is 25.9 Å². The van der Waals surface area contributed by atoms with E-state index in [9.17, 15) is 4.79 Å². The van der Waals surface area contributed by atoms with Gasteiger partial charge in [-0.15, -0.1) is 0 Å². The first-order valence-corrected chi connectivity index (χ1v) is 11.4. The number of hydrogen-bond acceptors (Lipinski definition) is 4. The minimum Gasteiger partial charge on any atom is -0.494 e. The Balaban J connectivity index is 1.76. The maximum absolute atomic E-state index is 12.7. The molecule has 5 heteroatoms. The van der Waals surface area contributed by atoms with Gasteiger partial charge in [0.05, 0.1) is 6.61 Å². The van der Waals surface area contributed by atoms with E-state index in [1.54, 1.807) is 0 Å². The number of ether oxygens (including phenoxy) is 2. The summed E-state index contributed by atoms with van der Waals surface area (Å²) in [6, 6.07) is 7.63. The highest BCUT2D eigenvalue weighted by atomic mass is 16.5. The van der Waals surface area contributed by atoms with Crippen LogP contribution in [-0.2, 0) is 9.53 Å². The van der Waals surface area contributed by atoms with Crippen molar-refractivity contribution in [2.24, 2.45) is 5.92 Å². The van der Waals surface area contributed by atoms with Crippen LogP contribution in [-0.4, -0.2) is 49.3 Å². The lowest BCUT2D eigenvalue weighted by Gasteiger charge is -2.30. The second-order valence-electron chi connectivity index (χ2n) is 8.56. The normalized spacial score (nSPS) is 19.5. The molecule has 164 valence electrons. The van der Waals surface area contributed by atoms with E-state index in [-0.39, 0.29) is 5.91 Å². The predicted molar refractivity (Wildman–Crippen MR) is 120 cm³/mol. The van der Waals surface area contributed by atoms with Crippen molar-refractivity contribution in [3.63, 3.8) is 0 Å². The van der Waals surface area contributed by atoms with Crippen molar-refractivity contribution < 1.29 is 14.3 Å². The molecule has 29 heavy (non-hydrogen) atoms. The quantitative estimate of drug-likeness (QED) is 0.492. The zero-order valence-corrected chi connectivity index (χ0v) is 18.8. The second kappa shape index (κ2) is 12.2. The number of nitrogens with one attached hydrogen (secondary N) is 1. The largest absolute Gasteiger partial charge is 0.494 e. The molecule has 2 rings (SSSR count). The number of likely N-dealkylation sites (tertiary alicyclic amines) is 1. The summed E-state index contributed by atoms with van der Waals surface area (Å²) in [4.78, 5) is 15.3. The van der Waals surface area contributed by atoms with Crippen molar-refractivity contribution in [2.75, 3.05) is 38.2 Å². The Labute approximate surface area is 177 Å².